The first-order valence-corrected chi connectivity index (χ1v) is 9.49. The van der Waals surface area contributed by atoms with E-state index in [4.69, 9.17) is 9.73 Å². The van der Waals surface area contributed by atoms with Gasteiger partial charge in [0.15, 0.2) is 5.96 Å². The topological polar surface area (TPSA) is 61.8 Å². The highest BCUT2D eigenvalue weighted by Gasteiger charge is 2.15. The van der Waals surface area contributed by atoms with Crippen LogP contribution in [0.4, 0.5) is 5.82 Å². The SMILES string of the molecule is CCNC(=NCc1cccnc1N1CCOCC1)NCCCC(C)C.I. The van der Waals surface area contributed by atoms with Gasteiger partial charge in [0.25, 0.3) is 0 Å². The van der Waals surface area contributed by atoms with Crippen LogP contribution in [0.15, 0.2) is 23.3 Å². The fourth-order valence-corrected chi connectivity index (χ4v) is 2.84. The van der Waals surface area contributed by atoms with Crippen molar-refractivity contribution in [2.24, 2.45) is 10.9 Å². The fourth-order valence-electron chi connectivity index (χ4n) is 2.84. The van der Waals surface area contributed by atoms with Gasteiger partial charge in [-0.3, -0.25) is 0 Å². The summed E-state index contributed by atoms with van der Waals surface area (Å²) in [5, 5.41) is 6.76. The number of pyridine rings is 1. The molecule has 6 nitrogen and oxygen atoms in total. The minimum atomic E-state index is 0. The molecule has 1 fully saturated rings. The molecule has 1 saturated heterocycles. The monoisotopic (exact) mass is 475 g/mol. The fraction of sp³-hybridized carbons (Fsp3) is 0.684. The van der Waals surface area contributed by atoms with Crippen molar-refractivity contribution in [3.8, 4) is 0 Å². The molecule has 1 aromatic heterocycles. The minimum absolute atomic E-state index is 0. The van der Waals surface area contributed by atoms with Crippen molar-refractivity contribution >= 4 is 35.8 Å². The van der Waals surface area contributed by atoms with Crippen LogP contribution >= 0.6 is 24.0 Å². The van der Waals surface area contributed by atoms with E-state index in [0.29, 0.717) is 6.54 Å². The quantitative estimate of drug-likeness (QED) is 0.262. The van der Waals surface area contributed by atoms with Crippen LogP contribution in [0.1, 0.15) is 39.2 Å². The Morgan fingerprint density at radius 2 is 2.08 bits per heavy atom. The summed E-state index contributed by atoms with van der Waals surface area (Å²) in [7, 11) is 0. The molecule has 1 aromatic rings. The number of nitrogens with zero attached hydrogens (tertiary/aromatic N) is 3. The molecule has 26 heavy (non-hydrogen) atoms. The third-order valence-electron chi connectivity index (χ3n) is 4.18. The summed E-state index contributed by atoms with van der Waals surface area (Å²) in [6.45, 7) is 12.4. The summed E-state index contributed by atoms with van der Waals surface area (Å²) in [6, 6.07) is 4.10. The van der Waals surface area contributed by atoms with Gasteiger partial charge >= 0.3 is 0 Å². The van der Waals surface area contributed by atoms with Gasteiger partial charge in [-0.25, -0.2) is 9.98 Å². The molecule has 0 saturated carbocycles. The molecule has 0 atom stereocenters. The van der Waals surface area contributed by atoms with E-state index < -0.39 is 0 Å². The first kappa shape index (κ1) is 23.0. The zero-order valence-electron chi connectivity index (χ0n) is 16.3. The Morgan fingerprint density at radius 3 is 2.77 bits per heavy atom. The van der Waals surface area contributed by atoms with Gasteiger partial charge in [0, 0.05) is 37.9 Å². The second-order valence-electron chi connectivity index (χ2n) is 6.74. The van der Waals surface area contributed by atoms with Crippen molar-refractivity contribution in [1.29, 1.82) is 0 Å². The molecule has 0 radical (unpaired) electrons. The second kappa shape index (κ2) is 13.1. The van der Waals surface area contributed by atoms with Crippen molar-refractivity contribution in [3.63, 3.8) is 0 Å². The Hall–Kier alpha value is -1.09. The van der Waals surface area contributed by atoms with Crippen molar-refractivity contribution in [1.82, 2.24) is 15.6 Å². The molecule has 1 aliphatic rings. The van der Waals surface area contributed by atoms with Gasteiger partial charge in [0.1, 0.15) is 5.82 Å². The average molecular weight is 475 g/mol. The van der Waals surface area contributed by atoms with E-state index in [1.165, 1.54) is 6.42 Å². The van der Waals surface area contributed by atoms with E-state index >= 15 is 0 Å². The minimum Gasteiger partial charge on any atom is -0.378 e. The van der Waals surface area contributed by atoms with Crippen LogP contribution in [0.3, 0.4) is 0 Å². The Labute approximate surface area is 175 Å². The van der Waals surface area contributed by atoms with Gasteiger partial charge in [0.2, 0.25) is 0 Å². The number of aromatic nitrogens is 1. The Balaban J connectivity index is 0.00000338. The summed E-state index contributed by atoms with van der Waals surface area (Å²) in [5.74, 6) is 2.65. The summed E-state index contributed by atoms with van der Waals surface area (Å²) in [6.07, 6.45) is 4.25. The average Bonchev–Trinajstić information content (AvgIpc) is 2.64. The summed E-state index contributed by atoms with van der Waals surface area (Å²) in [5.41, 5.74) is 1.16. The standard InChI is InChI=1S/C19H33N5O.HI/c1-4-20-19(22-10-5-7-16(2)3)23-15-17-8-6-9-21-18(17)24-11-13-25-14-12-24;/h6,8-9,16H,4-5,7,10-15H2,1-3H3,(H2,20,22,23);1H. The lowest BCUT2D eigenvalue weighted by Gasteiger charge is -2.29. The number of halogens is 1. The number of ether oxygens (including phenoxy) is 1. The first-order chi connectivity index (χ1) is 12.2. The van der Waals surface area contributed by atoms with Crippen molar-refractivity contribution < 1.29 is 4.74 Å². The lowest BCUT2D eigenvalue weighted by Crippen LogP contribution is -2.38. The highest BCUT2D eigenvalue weighted by Crippen LogP contribution is 2.19. The van der Waals surface area contributed by atoms with E-state index in [1.54, 1.807) is 0 Å². The van der Waals surface area contributed by atoms with E-state index in [2.05, 4.69) is 47.4 Å². The Bertz CT molecular complexity index is 532. The molecule has 2 N–H and O–H groups in total. The number of hydrogen-bond acceptors (Lipinski definition) is 4. The Morgan fingerprint density at radius 1 is 1.31 bits per heavy atom. The van der Waals surface area contributed by atoms with E-state index in [-0.39, 0.29) is 24.0 Å². The third kappa shape index (κ3) is 8.07. The molecule has 2 rings (SSSR count). The highest BCUT2D eigenvalue weighted by molar-refractivity contribution is 14.0. The highest BCUT2D eigenvalue weighted by atomic mass is 127. The maximum Gasteiger partial charge on any atom is 0.191 e. The van der Waals surface area contributed by atoms with Crippen LogP contribution in [0.2, 0.25) is 0 Å². The van der Waals surface area contributed by atoms with Crippen LogP contribution < -0.4 is 15.5 Å². The van der Waals surface area contributed by atoms with E-state index in [1.807, 2.05) is 12.3 Å². The lowest BCUT2D eigenvalue weighted by molar-refractivity contribution is 0.122. The van der Waals surface area contributed by atoms with Crippen LogP contribution in [0.5, 0.6) is 0 Å². The van der Waals surface area contributed by atoms with Crippen LogP contribution in [-0.2, 0) is 11.3 Å². The molecule has 148 valence electrons. The maximum absolute atomic E-state index is 5.45. The molecule has 0 spiro atoms. The number of guanidine groups is 1. The predicted molar refractivity (Wildman–Crippen MR) is 120 cm³/mol. The molecule has 7 heteroatoms. The van der Waals surface area contributed by atoms with Gasteiger partial charge in [-0.15, -0.1) is 24.0 Å². The van der Waals surface area contributed by atoms with Crippen molar-refractivity contribution in [2.75, 3.05) is 44.3 Å². The first-order valence-electron chi connectivity index (χ1n) is 9.49. The summed E-state index contributed by atoms with van der Waals surface area (Å²) < 4.78 is 5.45. The summed E-state index contributed by atoms with van der Waals surface area (Å²) in [4.78, 5) is 11.6. The molecular formula is C19H34IN5O. The largest absolute Gasteiger partial charge is 0.378 e. The van der Waals surface area contributed by atoms with Crippen molar-refractivity contribution in [3.05, 3.63) is 23.9 Å². The zero-order chi connectivity index (χ0) is 17.9. The molecule has 2 heterocycles. The molecule has 0 bridgehead atoms. The molecule has 0 aliphatic carbocycles. The number of aliphatic imine (C=N–C) groups is 1. The second-order valence-corrected chi connectivity index (χ2v) is 6.74. The summed E-state index contributed by atoms with van der Waals surface area (Å²) >= 11 is 0. The van der Waals surface area contributed by atoms with Crippen LogP contribution in [0, 0.1) is 5.92 Å². The third-order valence-corrected chi connectivity index (χ3v) is 4.18. The van der Waals surface area contributed by atoms with Gasteiger partial charge in [-0.05, 0) is 31.7 Å². The van der Waals surface area contributed by atoms with Gasteiger partial charge in [-0.1, -0.05) is 19.9 Å². The maximum atomic E-state index is 5.45. The molecule has 0 amide bonds. The van der Waals surface area contributed by atoms with E-state index in [0.717, 1.165) is 69.1 Å². The van der Waals surface area contributed by atoms with Crippen LogP contribution in [0.25, 0.3) is 0 Å². The number of rotatable bonds is 8. The van der Waals surface area contributed by atoms with Gasteiger partial charge in [0.05, 0.1) is 19.8 Å². The number of nitrogens with one attached hydrogen (secondary N) is 2. The van der Waals surface area contributed by atoms with Crippen LogP contribution in [-0.4, -0.2) is 50.3 Å². The number of hydrogen-bond donors (Lipinski definition) is 2. The molecule has 0 aromatic carbocycles. The Kier molecular flexibility index (Phi) is 11.6. The smallest absolute Gasteiger partial charge is 0.191 e. The molecule has 1 aliphatic heterocycles. The van der Waals surface area contributed by atoms with Crippen molar-refractivity contribution in [2.45, 2.75) is 40.2 Å². The number of morpholine rings is 1. The lowest BCUT2D eigenvalue weighted by atomic mass is 10.1. The predicted octanol–water partition coefficient (Wildman–Crippen LogP) is 3.03. The van der Waals surface area contributed by atoms with Gasteiger partial charge in [-0.2, -0.15) is 0 Å². The normalized spacial score (nSPS) is 14.9. The van der Waals surface area contributed by atoms with Gasteiger partial charge < -0.3 is 20.3 Å². The zero-order valence-corrected chi connectivity index (χ0v) is 18.7. The molecular weight excluding hydrogens is 441 g/mol. The number of anilines is 1. The van der Waals surface area contributed by atoms with E-state index in [9.17, 15) is 0 Å². The molecule has 0 unspecified atom stereocenters.